The van der Waals surface area contributed by atoms with Crippen LogP contribution >= 0.6 is 0 Å². The second kappa shape index (κ2) is 5.24. The van der Waals surface area contributed by atoms with Crippen LogP contribution in [0.2, 0.25) is 0 Å². The standard InChI is InChI=1S/C12H24N2O2S/c1-10(2)17(15,16)14-7-4-11(5-8-14)12-3-6-13-9-12/h10-13H,3-9H2,1-2H3. The van der Waals surface area contributed by atoms with E-state index in [4.69, 9.17) is 0 Å². The van der Waals surface area contributed by atoms with Gasteiger partial charge in [0, 0.05) is 13.1 Å². The van der Waals surface area contributed by atoms with Gasteiger partial charge in [0.25, 0.3) is 0 Å². The average molecular weight is 260 g/mol. The van der Waals surface area contributed by atoms with E-state index in [0.29, 0.717) is 0 Å². The van der Waals surface area contributed by atoms with Gasteiger partial charge in [0.15, 0.2) is 0 Å². The predicted octanol–water partition coefficient (Wildman–Crippen LogP) is 1.05. The van der Waals surface area contributed by atoms with Gasteiger partial charge in [-0.05, 0) is 58.0 Å². The van der Waals surface area contributed by atoms with Gasteiger partial charge in [0.2, 0.25) is 10.0 Å². The molecular weight excluding hydrogens is 236 g/mol. The lowest BCUT2D eigenvalue weighted by atomic mass is 9.84. The summed E-state index contributed by atoms with van der Waals surface area (Å²) in [4.78, 5) is 0. The lowest BCUT2D eigenvalue weighted by molar-refractivity contribution is 0.216. The van der Waals surface area contributed by atoms with E-state index >= 15 is 0 Å². The Kier molecular flexibility index (Phi) is 4.10. The lowest BCUT2D eigenvalue weighted by Crippen LogP contribution is -2.43. The van der Waals surface area contributed by atoms with Crippen molar-refractivity contribution in [2.24, 2.45) is 11.8 Å². The zero-order chi connectivity index (χ0) is 12.5. The van der Waals surface area contributed by atoms with E-state index in [1.54, 1.807) is 18.2 Å². The zero-order valence-corrected chi connectivity index (χ0v) is 11.7. The molecule has 1 atom stereocenters. The van der Waals surface area contributed by atoms with Crippen molar-refractivity contribution in [2.45, 2.75) is 38.4 Å². The molecule has 2 rings (SSSR count). The summed E-state index contributed by atoms with van der Waals surface area (Å²) < 4.78 is 25.7. The summed E-state index contributed by atoms with van der Waals surface area (Å²) in [7, 11) is -3.03. The molecule has 2 fully saturated rings. The first kappa shape index (κ1) is 13.3. The number of hydrogen-bond acceptors (Lipinski definition) is 3. The summed E-state index contributed by atoms with van der Waals surface area (Å²) in [5.74, 6) is 1.50. The number of sulfonamides is 1. The third kappa shape index (κ3) is 2.83. The van der Waals surface area contributed by atoms with Crippen LogP contribution in [0, 0.1) is 11.8 Å². The van der Waals surface area contributed by atoms with Crippen LogP contribution in [-0.4, -0.2) is 44.2 Å². The Hall–Kier alpha value is -0.130. The molecule has 0 saturated carbocycles. The van der Waals surface area contributed by atoms with E-state index in [-0.39, 0.29) is 5.25 Å². The largest absolute Gasteiger partial charge is 0.316 e. The molecule has 4 nitrogen and oxygen atoms in total. The molecule has 5 heteroatoms. The van der Waals surface area contributed by atoms with Gasteiger partial charge in [-0.25, -0.2) is 12.7 Å². The van der Waals surface area contributed by atoms with E-state index in [9.17, 15) is 8.42 Å². The van der Waals surface area contributed by atoms with Crippen molar-refractivity contribution >= 4 is 10.0 Å². The van der Waals surface area contributed by atoms with Crippen molar-refractivity contribution in [3.05, 3.63) is 0 Å². The quantitative estimate of drug-likeness (QED) is 0.825. The molecule has 2 heterocycles. The van der Waals surface area contributed by atoms with Gasteiger partial charge in [-0.3, -0.25) is 0 Å². The topological polar surface area (TPSA) is 49.4 Å². The molecule has 2 aliphatic rings. The molecule has 0 amide bonds. The van der Waals surface area contributed by atoms with Crippen LogP contribution in [0.5, 0.6) is 0 Å². The van der Waals surface area contributed by atoms with Crippen molar-refractivity contribution < 1.29 is 8.42 Å². The molecule has 2 aliphatic heterocycles. The molecule has 0 bridgehead atoms. The Morgan fingerprint density at radius 1 is 1.12 bits per heavy atom. The summed E-state index contributed by atoms with van der Waals surface area (Å²) in [5.41, 5.74) is 0. The van der Waals surface area contributed by atoms with E-state index < -0.39 is 10.0 Å². The van der Waals surface area contributed by atoms with Crippen molar-refractivity contribution in [1.82, 2.24) is 9.62 Å². The zero-order valence-electron chi connectivity index (χ0n) is 10.9. The minimum Gasteiger partial charge on any atom is -0.316 e. The molecule has 0 spiro atoms. The molecule has 0 aliphatic carbocycles. The number of nitrogens with one attached hydrogen (secondary N) is 1. The highest BCUT2D eigenvalue weighted by Gasteiger charge is 2.33. The summed E-state index contributed by atoms with van der Waals surface area (Å²) in [6, 6.07) is 0. The maximum absolute atomic E-state index is 12.0. The van der Waals surface area contributed by atoms with Gasteiger partial charge in [0.05, 0.1) is 5.25 Å². The first-order valence-electron chi connectivity index (χ1n) is 6.71. The Morgan fingerprint density at radius 2 is 1.76 bits per heavy atom. The van der Waals surface area contributed by atoms with Crippen molar-refractivity contribution in [3.63, 3.8) is 0 Å². The fourth-order valence-electron chi connectivity index (χ4n) is 2.98. The average Bonchev–Trinajstić information content (AvgIpc) is 2.82. The first-order valence-corrected chi connectivity index (χ1v) is 8.22. The van der Waals surface area contributed by atoms with Crippen molar-refractivity contribution in [1.29, 1.82) is 0 Å². The second-order valence-electron chi connectivity index (χ2n) is 5.58. The van der Waals surface area contributed by atoms with E-state index in [1.807, 2.05) is 0 Å². The molecule has 1 unspecified atom stereocenters. The van der Waals surface area contributed by atoms with Crippen molar-refractivity contribution in [2.75, 3.05) is 26.2 Å². The maximum atomic E-state index is 12.0. The van der Waals surface area contributed by atoms with Gasteiger partial charge in [-0.2, -0.15) is 0 Å². The Morgan fingerprint density at radius 3 is 2.24 bits per heavy atom. The molecule has 0 aromatic heterocycles. The van der Waals surface area contributed by atoms with Gasteiger partial charge in [0.1, 0.15) is 0 Å². The summed E-state index contributed by atoms with van der Waals surface area (Å²) in [6.45, 7) is 7.24. The molecular formula is C12H24N2O2S. The molecule has 0 aromatic carbocycles. The minimum absolute atomic E-state index is 0.285. The van der Waals surface area contributed by atoms with Crippen molar-refractivity contribution in [3.8, 4) is 0 Å². The molecule has 0 aromatic rings. The molecule has 0 radical (unpaired) electrons. The van der Waals surface area contributed by atoms with Gasteiger partial charge in [-0.15, -0.1) is 0 Å². The lowest BCUT2D eigenvalue weighted by Gasteiger charge is -2.34. The highest BCUT2D eigenvalue weighted by atomic mass is 32.2. The fraction of sp³-hybridized carbons (Fsp3) is 1.00. The summed E-state index contributed by atoms with van der Waals surface area (Å²) >= 11 is 0. The van der Waals surface area contributed by atoms with Crippen LogP contribution in [0.4, 0.5) is 0 Å². The smallest absolute Gasteiger partial charge is 0.216 e. The Labute approximate surface area is 105 Å². The first-order chi connectivity index (χ1) is 8.01. The van der Waals surface area contributed by atoms with Crippen LogP contribution < -0.4 is 5.32 Å². The SMILES string of the molecule is CC(C)S(=O)(=O)N1CCC(C2CCNC2)CC1. The van der Waals surface area contributed by atoms with Gasteiger partial charge in [-0.1, -0.05) is 0 Å². The highest BCUT2D eigenvalue weighted by molar-refractivity contribution is 7.89. The molecule has 1 N–H and O–H groups in total. The highest BCUT2D eigenvalue weighted by Crippen LogP contribution is 2.30. The number of rotatable bonds is 3. The predicted molar refractivity (Wildman–Crippen MR) is 69.3 cm³/mol. The second-order valence-corrected chi connectivity index (χ2v) is 8.07. The van der Waals surface area contributed by atoms with Crippen LogP contribution in [0.3, 0.4) is 0 Å². The Bertz CT molecular complexity index is 340. The normalized spacial score (nSPS) is 29.0. The van der Waals surface area contributed by atoms with E-state index in [2.05, 4.69) is 5.32 Å². The van der Waals surface area contributed by atoms with Crippen LogP contribution in [-0.2, 0) is 10.0 Å². The Balaban J connectivity index is 1.89. The minimum atomic E-state index is -3.03. The third-order valence-electron chi connectivity index (χ3n) is 4.22. The monoisotopic (exact) mass is 260 g/mol. The fourth-order valence-corrected chi connectivity index (χ4v) is 4.30. The van der Waals surface area contributed by atoms with Gasteiger partial charge < -0.3 is 5.32 Å². The molecule has 100 valence electrons. The van der Waals surface area contributed by atoms with Crippen LogP contribution in [0.1, 0.15) is 33.1 Å². The molecule has 2 saturated heterocycles. The van der Waals surface area contributed by atoms with E-state index in [1.165, 1.54) is 6.42 Å². The number of nitrogens with zero attached hydrogens (tertiary/aromatic N) is 1. The van der Waals surface area contributed by atoms with Crippen LogP contribution in [0.25, 0.3) is 0 Å². The molecule has 17 heavy (non-hydrogen) atoms. The number of piperidine rings is 1. The van der Waals surface area contributed by atoms with Gasteiger partial charge >= 0.3 is 0 Å². The van der Waals surface area contributed by atoms with E-state index in [0.717, 1.165) is 50.9 Å². The third-order valence-corrected chi connectivity index (χ3v) is 6.50. The summed E-state index contributed by atoms with van der Waals surface area (Å²) in [5, 5.41) is 3.11. The van der Waals surface area contributed by atoms with Crippen LogP contribution in [0.15, 0.2) is 0 Å². The number of hydrogen-bond donors (Lipinski definition) is 1. The maximum Gasteiger partial charge on any atom is 0.216 e. The summed E-state index contributed by atoms with van der Waals surface area (Å²) in [6.07, 6.45) is 3.35.